The molecular weight excluding hydrogens is 441 g/mol. The van der Waals surface area contributed by atoms with Crippen molar-refractivity contribution < 1.29 is 27.8 Å². The second kappa shape index (κ2) is 9.09. The number of carboxylic acids is 1. The van der Waals surface area contributed by atoms with Gasteiger partial charge in [-0.3, -0.25) is 4.79 Å². The fraction of sp³-hybridized carbons (Fsp3) is 0.607. The Morgan fingerprint density at radius 1 is 1.15 bits per heavy atom. The van der Waals surface area contributed by atoms with Gasteiger partial charge in [-0.25, -0.2) is 0 Å². The number of hydrogen-bond acceptors (Lipinski definition) is 2. The molecule has 2 aromatic carbocycles. The highest BCUT2D eigenvalue weighted by atomic mass is 19.4. The summed E-state index contributed by atoms with van der Waals surface area (Å²) in [5.74, 6) is -0.364. The molecule has 2 aromatic rings. The zero-order valence-electron chi connectivity index (χ0n) is 20.4. The average Bonchev–Trinajstić information content (AvgIpc) is 2.76. The molecule has 0 amide bonds. The van der Waals surface area contributed by atoms with Crippen LogP contribution in [0.2, 0.25) is 0 Å². The monoisotopic (exact) mass is 476 g/mol. The molecule has 34 heavy (non-hydrogen) atoms. The van der Waals surface area contributed by atoms with Crippen LogP contribution in [0.3, 0.4) is 0 Å². The molecule has 4 rings (SSSR count). The number of benzene rings is 2. The number of fused-ring (bicyclic) bond motifs is 1. The van der Waals surface area contributed by atoms with E-state index in [4.69, 9.17) is 4.74 Å². The molecule has 6 heteroatoms. The van der Waals surface area contributed by atoms with Crippen molar-refractivity contribution in [3.63, 3.8) is 0 Å². The fourth-order valence-electron chi connectivity index (χ4n) is 5.94. The van der Waals surface area contributed by atoms with E-state index in [1.54, 1.807) is 18.2 Å². The maximum absolute atomic E-state index is 14.3. The Labute approximate surface area is 199 Å². The van der Waals surface area contributed by atoms with E-state index < -0.39 is 17.7 Å². The Morgan fingerprint density at radius 3 is 2.38 bits per heavy atom. The number of aliphatic carboxylic acids is 1. The van der Waals surface area contributed by atoms with Crippen LogP contribution in [0, 0.1) is 23.2 Å². The lowest BCUT2D eigenvalue weighted by atomic mass is 9.53. The largest absolute Gasteiger partial charge is 0.490 e. The third-order valence-electron chi connectivity index (χ3n) is 8.52. The van der Waals surface area contributed by atoms with Gasteiger partial charge in [-0.1, -0.05) is 52.0 Å². The molecule has 2 fully saturated rings. The van der Waals surface area contributed by atoms with E-state index in [-0.39, 0.29) is 40.4 Å². The van der Waals surface area contributed by atoms with Gasteiger partial charge in [0.25, 0.3) is 0 Å². The van der Waals surface area contributed by atoms with Gasteiger partial charge in [0.05, 0.1) is 12.0 Å². The highest BCUT2D eigenvalue weighted by molar-refractivity contribution is 5.89. The summed E-state index contributed by atoms with van der Waals surface area (Å²) >= 11 is 0. The molecule has 2 aliphatic rings. The van der Waals surface area contributed by atoms with Crippen LogP contribution in [0.1, 0.15) is 83.3 Å². The maximum atomic E-state index is 14.3. The fourth-order valence-corrected chi connectivity index (χ4v) is 5.94. The summed E-state index contributed by atoms with van der Waals surface area (Å²) < 4.78 is 48.8. The molecule has 1 N–H and O–H groups in total. The first-order valence-electron chi connectivity index (χ1n) is 12.4. The summed E-state index contributed by atoms with van der Waals surface area (Å²) in [7, 11) is 0. The molecule has 0 saturated heterocycles. The van der Waals surface area contributed by atoms with Gasteiger partial charge in [0.1, 0.15) is 11.3 Å². The second-order valence-corrected chi connectivity index (χ2v) is 11.2. The Balaban J connectivity index is 1.62. The molecular formula is C28H35F3O3. The lowest BCUT2D eigenvalue weighted by Crippen LogP contribution is -2.49. The normalized spacial score (nSPS) is 27.7. The minimum absolute atomic E-state index is 0.0221. The summed E-state index contributed by atoms with van der Waals surface area (Å²) in [6, 6.07) is 8.51. The van der Waals surface area contributed by atoms with Gasteiger partial charge in [0.15, 0.2) is 0 Å². The summed E-state index contributed by atoms with van der Waals surface area (Å²) in [6.07, 6.45) is 0.169. The number of rotatable bonds is 6. The van der Waals surface area contributed by atoms with Gasteiger partial charge in [0, 0.05) is 0 Å². The second-order valence-electron chi connectivity index (χ2n) is 11.2. The quantitative estimate of drug-likeness (QED) is 0.459. The van der Waals surface area contributed by atoms with E-state index in [1.165, 1.54) is 6.07 Å². The van der Waals surface area contributed by atoms with Gasteiger partial charge in [-0.15, -0.1) is 0 Å². The molecule has 3 atom stereocenters. The number of ether oxygens (including phenoxy) is 1. The molecule has 2 saturated carbocycles. The molecule has 2 aliphatic carbocycles. The molecule has 0 bridgehead atoms. The first kappa shape index (κ1) is 24.9. The zero-order valence-corrected chi connectivity index (χ0v) is 20.4. The lowest BCUT2D eigenvalue weighted by Gasteiger charge is -2.51. The van der Waals surface area contributed by atoms with Crippen molar-refractivity contribution in [2.45, 2.75) is 84.4 Å². The number of carbonyl (C=O) groups is 1. The van der Waals surface area contributed by atoms with E-state index in [0.29, 0.717) is 17.7 Å². The van der Waals surface area contributed by atoms with Crippen LogP contribution in [-0.4, -0.2) is 17.2 Å². The van der Waals surface area contributed by atoms with Gasteiger partial charge in [-0.2, -0.15) is 13.2 Å². The third-order valence-corrected chi connectivity index (χ3v) is 8.52. The number of hydrogen-bond donors (Lipinski definition) is 1. The molecule has 0 aliphatic heterocycles. The molecule has 0 heterocycles. The number of halogens is 3. The van der Waals surface area contributed by atoms with E-state index >= 15 is 0 Å². The van der Waals surface area contributed by atoms with Crippen molar-refractivity contribution >= 4 is 16.7 Å². The predicted octanol–water partition coefficient (Wildman–Crippen LogP) is 8.06. The molecule has 0 radical (unpaired) electrons. The highest BCUT2D eigenvalue weighted by Gasteiger charge is 2.51. The van der Waals surface area contributed by atoms with Crippen LogP contribution in [0.25, 0.3) is 10.8 Å². The first-order chi connectivity index (χ1) is 15.9. The topological polar surface area (TPSA) is 46.5 Å². The van der Waals surface area contributed by atoms with Crippen LogP contribution in [0.5, 0.6) is 5.75 Å². The Morgan fingerprint density at radius 2 is 1.79 bits per heavy atom. The molecule has 3 nitrogen and oxygen atoms in total. The molecule has 186 valence electrons. The van der Waals surface area contributed by atoms with E-state index in [0.717, 1.165) is 37.7 Å². The zero-order chi connectivity index (χ0) is 24.8. The van der Waals surface area contributed by atoms with Crippen molar-refractivity contribution in [3.05, 3.63) is 41.5 Å². The molecule has 0 aromatic heterocycles. The lowest BCUT2D eigenvalue weighted by molar-refractivity contribution is -0.159. The number of alkyl halides is 3. The van der Waals surface area contributed by atoms with Crippen LogP contribution in [0.4, 0.5) is 13.2 Å². The van der Waals surface area contributed by atoms with E-state index in [2.05, 4.69) is 6.92 Å². The van der Waals surface area contributed by atoms with Gasteiger partial charge >= 0.3 is 12.1 Å². The van der Waals surface area contributed by atoms with Crippen molar-refractivity contribution in [1.29, 1.82) is 0 Å². The van der Waals surface area contributed by atoms with Crippen molar-refractivity contribution in [1.82, 2.24) is 0 Å². The van der Waals surface area contributed by atoms with Crippen LogP contribution in [-0.2, 0) is 11.0 Å². The average molecular weight is 477 g/mol. The standard InChI is InChI=1S/C28H35F3O3/c1-16-5-10-21(11-6-16)34-24-12-9-18-7-8-19(14-22(18)25(24)28(29,30)31)17(2)13-20-15-23(26(32)33)27(20,3)4/h7-9,12,14,16-17,20-21,23H,5-6,10-11,13,15H2,1-4H3,(H,32,33)/t16?,17-,20-,21?,23-/m0/s1. The molecule has 0 unspecified atom stereocenters. The number of carboxylic acid groups (broad SMARTS) is 1. The van der Waals surface area contributed by atoms with Crippen LogP contribution in [0.15, 0.2) is 30.3 Å². The summed E-state index contributed by atoms with van der Waals surface area (Å²) in [5.41, 5.74) is -0.157. The Hall–Kier alpha value is -2.24. The Kier molecular flexibility index (Phi) is 6.65. The minimum Gasteiger partial charge on any atom is -0.490 e. The van der Waals surface area contributed by atoms with Gasteiger partial charge < -0.3 is 9.84 Å². The maximum Gasteiger partial charge on any atom is 0.420 e. The van der Waals surface area contributed by atoms with Crippen molar-refractivity contribution in [2.24, 2.45) is 23.2 Å². The van der Waals surface area contributed by atoms with E-state index in [9.17, 15) is 23.1 Å². The minimum atomic E-state index is -4.52. The van der Waals surface area contributed by atoms with Crippen LogP contribution >= 0.6 is 0 Å². The van der Waals surface area contributed by atoms with Crippen LogP contribution < -0.4 is 4.74 Å². The summed E-state index contributed by atoms with van der Waals surface area (Å²) in [5, 5.41) is 10.1. The SMILES string of the molecule is CC1CCC(Oc2ccc3ccc([C@@H](C)C[C@H]4C[C@@H](C(=O)O)C4(C)C)cc3c2C(F)(F)F)CC1. The molecule has 0 spiro atoms. The summed E-state index contributed by atoms with van der Waals surface area (Å²) in [4.78, 5) is 11.4. The van der Waals surface area contributed by atoms with Gasteiger partial charge in [0.2, 0.25) is 0 Å². The van der Waals surface area contributed by atoms with Crippen molar-refractivity contribution in [2.75, 3.05) is 0 Å². The summed E-state index contributed by atoms with van der Waals surface area (Å²) in [6.45, 7) is 8.14. The van der Waals surface area contributed by atoms with Gasteiger partial charge in [-0.05, 0) is 84.1 Å². The van der Waals surface area contributed by atoms with E-state index in [1.807, 2.05) is 26.8 Å². The predicted molar refractivity (Wildman–Crippen MR) is 127 cm³/mol. The Bertz CT molecular complexity index is 1050. The highest BCUT2D eigenvalue weighted by Crippen LogP contribution is 2.55. The smallest absolute Gasteiger partial charge is 0.420 e. The third kappa shape index (κ3) is 4.78. The van der Waals surface area contributed by atoms with Crippen molar-refractivity contribution in [3.8, 4) is 5.75 Å². The first-order valence-corrected chi connectivity index (χ1v) is 12.4.